The molecule has 4 aliphatic rings. The Hall–Kier alpha value is -0.570. The summed E-state index contributed by atoms with van der Waals surface area (Å²) in [5, 5.41) is 0. The largest absolute Gasteiger partial charge is 0.339 e. The van der Waals surface area contributed by atoms with Gasteiger partial charge in [0.1, 0.15) is 0 Å². The van der Waals surface area contributed by atoms with Crippen LogP contribution in [0.1, 0.15) is 44.9 Å². The molecule has 0 spiro atoms. The first-order valence-electron chi connectivity index (χ1n) is 7.25. The molecule has 0 radical (unpaired) electrons. The predicted octanol–water partition coefficient (Wildman–Crippen LogP) is 1.76. The lowest BCUT2D eigenvalue weighted by atomic mass is 9.68. The Morgan fingerprint density at radius 3 is 2.35 bits per heavy atom. The van der Waals surface area contributed by atoms with Crippen molar-refractivity contribution in [2.45, 2.75) is 51.0 Å². The lowest BCUT2D eigenvalue weighted by Crippen LogP contribution is -2.42. The van der Waals surface area contributed by atoms with Crippen molar-refractivity contribution in [1.82, 2.24) is 4.90 Å². The number of hydrogen-bond acceptors (Lipinski definition) is 2. The van der Waals surface area contributed by atoms with Gasteiger partial charge in [0.05, 0.1) is 0 Å². The van der Waals surface area contributed by atoms with Gasteiger partial charge in [0.25, 0.3) is 0 Å². The summed E-state index contributed by atoms with van der Waals surface area (Å²) in [6.45, 7) is 1.68. The van der Waals surface area contributed by atoms with Crippen molar-refractivity contribution in [3.8, 4) is 0 Å². The molecule has 2 atom stereocenters. The van der Waals surface area contributed by atoms with Gasteiger partial charge >= 0.3 is 0 Å². The fourth-order valence-corrected chi connectivity index (χ4v) is 4.49. The van der Waals surface area contributed by atoms with E-state index in [1.54, 1.807) is 0 Å². The third-order valence-corrected chi connectivity index (χ3v) is 5.02. The van der Waals surface area contributed by atoms with Gasteiger partial charge in [-0.15, -0.1) is 0 Å². The van der Waals surface area contributed by atoms with Crippen molar-refractivity contribution in [2.24, 2.45) is 23.5 Å². The molecule has 0 aromatic rings. The van der Waals surface area contributed by atoms with Crippen LogP contribution in [0.25, 0.3) is 0 Å². The molecule has 1 amide bonds. The van der Waals surface area contributed by atoms with Gasteiger partial charge in [0.2, 0.25) is 5.91 Å². The van der Waals surface area contributed by atoms with Crippen molar-refractivity contribution in [3.63, 3.8) is 0 Å². The third kappa shape index (κ3) is 2.22. The van der Waals surface area contributed by atoms with Crippen molar-refractivity contribution in [1.29, 1.82) is 0 Å². The van der Waals surface area contributed by atoms with Gasteiger partial charge < -0.3 is 10.6 Å². The summed E-state index contributed by atoms with van der Waals surface area (Å²) < 4.78 is 0. The Morgan fingerprint density at radius 1 is 1.06 bits per heavy atom. The Labute approximate surface area is 104 Å². The third-order valence-electron chi connectivity index (χ3n) is 5.02. The molecule has 2 saturated carbocycles. The molecule has 96 valence electrons. The lowest BCUT2D eigenvalue weighted by molar-refractivity contribution is -0.134. The van der Waals surface area contributed by atoms with Crippen LogP contribution in [-0.4, -0.2) is 29.9 Å². The van der Waals surface area contributed by atoms with E-state index >= 15 is 0 Å². The molecule has 2 saturated heterocycles. The maximum Gasteiger partial charge on any atom is 0.222 e. The molecule has 0 aromatic heterocycles. The van der Waals surface area contributed by atoms with Crippen molar-refractivity contribution < 1.29 is 4.79 Å². The molecule has 3 nitrogen and oxygen atoms in total. The fraction of sp³-hybridized carbons (Fsp3) is 0.929. The summed E-state index contributed by atoms with van der Waals surface area (Å²) in [4.78, 5) is 14.5. The smallest absolute Gasteiger partial charge is 0.222 e. The lowest BCUT2D eigenvalue weighted by Gasteiger charge is -2.39. The van der Waals surface area contributed by atoms with E-state index in [4.69, 9.17) is 5.73 Å². The zero-order chi connectivity index (χ0) is 11.8. The van der Waals surface area contributed by atoms with Crippen LogP contribution in [0.4, 0.5) is 0 Å². The highest BCUT2D eigenvalue weighted by Crippen LogP contribution is 2.47. The first-order chi connectivity index (χ1) is 8.26. The Kier molecular flexibility index (Phi) is 3.12. The second-order valence-corrected chi connectivity index (χ2v) is 6.37. The first kappa shape index (κ1) is 11.5. The summed E-state index contributed by atoms with van der Waals surface area (Å²) in [6, 6.07) is 0.566. The van der Waals surface area contributed by atoms with Gasteiger partial charge in [-0.3, -0.25) is 4.79 Å². The van der Waals surface area contributed by atoms with Crippen LogP contribution < -0.4 is 5.73 Å². The number of carbonyl (C=O) groups excluding carboxylic acids is 1. The van der Waals surface area contributed by atoms with Crippen LogP contribution >= 0.6 is 0 Å². The summed E-state index contributed by atoms with van der Waals surface area (Å²) in [5.41, 5.74) is 5.50. The predicted molar refractivity (Wildman–Crippen MR) is 67.3 cm³/mol. The SMILES string of the molecule is NCCCC(=O)N1CC2CC3CC(C2)CC1C3. The van der Waals surface area contributed by atoms with Gasteiger partial charge in [-0.05, 0) is 62.8 Å². The Bertz CT molecular complexity index is 291. The van der Waals surface area contributed by atoms with Crippen molar-refractivity contribution >= 4 is 5.91 Å². The average molecular weight is 236 g/mol. The van der Waals surface area contributed by atoms with Gasteiger partial charge in [-0.25, -0.2) is 0 Å². The average Bonchev–Trinajstić information content (AvgIpc) is 2.50. The molecule has 2 aliphatic carbocycles. The fourth-order valence-electron chi connectivity index (χ4n) is 4.49. The van der Waals surface area contributed by atoms with Gasteiger partial charge in [-0.2, -0.15) is 0 Å². The van der Waals surface area contributed by atoms with E-state index in [-0.39, 0.29) is 0 Å². The standard InChI is InChI=1S/C14H24N2O/c15-3-1-2-14(17)16-9-12-5-10-4-11(6-12)8-13(16)7-10/h10-13H,1-9,15H2. The minimum atomic E-state index is 0.369. The molecular weight excluding hydrogens is 212 g/mol. The molecule has 4 rings (SSSR count). The van der Waals surface area contributed by atoms with Crippen LogP contribution in [0.15, 0.2) is 0 Å². The quantitative estimate of drug-likeness (QED) is 0.811. The zero-order valence-corrected chi connectivity index (χ0v) is 10.6. The monoisotopic (exact) mass is 236 g/mol. The number of carbonyl (C=O) groups is 1. The number of hydrogen-bond donors (Lipinski definition) is 1. The molecule has 4 fully saturated rings. The van der Waals surface area contributed by atoms with Crippen LogP contribution in [0.2, 0.25) is 0 Å². The number of nitrogens with zero attached hydrogens (tertiary/aromatic N) is 1. The van der Waals surface area contributed by atoms with E-state index in [1.165, 1.54) is 32.1 Å². The van der Waals surface area contributed by atoms with E-state index in [9.17, 15) is 4.79 Å². The van der Waals surface area contributed by atoms with E-state index < -0.39 is 0 Å². The number of nitrogens with two attached hydrogens (primary N) is 1. The molecule has 4 bridgehead atoms. The highest BCUT2D eigenvalue weighted by molar-refractivity contribution is 5.76. The first-order valence-corrected chi connectivity index (χ1v) is 7.25. The molecule has 2 aliphatic heterocycles. The summed E-state index contributed by atoms with van der Waals surface area (Å²) in [6.07, 6.45) is 8.27. The van der Waals surface area contributed by atoms with Gasteiger partial charge in [0.15, 0.2) is 0 Å². The number of amides is 1. The highest BCUT2D eigenvalue weighted by Gasteiger charge is 2.43. The summed E-state index contributed by atoms with van der Waals surface area (Å²) in [7, 11) is 0. The Morgan fingerprint density at radius 2 is 1.71 bits per heavy atom. The second kappa shape index (κ2) is 4.60. The summed E-state index contributed by atoms with van der Waals surface area (Å²) in [5.74, 6) is 3.01. The van der Waals surface area contributed by atoms with Gasteiger partial charge in [-0.1, -0.05) is 0 Å². The minimum absolute atomic E-state index is 0.369. The summed E-state index contributed by atoms with van der Waals surface area (Å²) >= 11 is 0. The van der Waals surface area contributed by atoms with E-state index in [2.05, 4.69) is 4.90 Å². The second-order valence-electron chi connectivity index (χ2n) is 6.37. The number of rotatable bonds is 3. The van der Waals surface area contributed by atoms with Crippen LogP contribution in [-0.2, 0) is 4.79 Å². The zero-order valence-electron chi connectivity index (χ0n) is 10.6. The van der Waals surface area contributed by atoms with E-state index in [0.717, 1.165) is 30.7 Å². The van der Waals surface area contributed by atoms with Crippen molar-refractivity contribution in [2.75, 3.05) is 13.1 Å². The molecule has 2 N–H and O–H groups in total. The maximum absolute atomic E-state index is 12.2. The minimum Gasteiger partial charge on any atom is -0.339 e. The molecule has 2 unspecified atom stereocenters. The van der Waals surface area contributed by atoms with E-state index in [1.807, 2.05) is 0 Å². The van der Waals surface area contributed by atoms with Gasteiger partial charge in [0, 0.05) is 19.0 Å². The van der Waals surface area contributed by atoms with E-state index in [0.29, 0.717) is 24.9 Å². The van der Waals surface area contributed by atoms with Crippen molar-refractivity contribution in [3.05, 3.63) is 0 Å². The topological polar surface area (TPSA) is 46.3 Å². The highest BCUT2D eigenvalue weighted by atomic mass is 16.2. The van der Waals surface area contributed by atoms with Crippen LogP contribution in [0.5, 0.6) is 0 Å². The molecule has 17 heavy (non-hydrogen) atoms. The van der Waals surface area contributed by atoms with Crippen LogP contribution in [0, 0.1) is 17.8 Å². The normalized spacial score (nSPS) is 39.5. The Balaban J connectivity index is 1.71. The van der Waals surface area contributed by atoms with Crippen LogP contribution in [0.3, 0.4) is 0 Å². The molecule has 3 heteroatoms. The number of fused-ring (bicyclic) bond motifs is 1. The molecular formula is C14H24N2O. The maximum atomic E-state index is 12.2. The molecule has 0 aromatic carbocycles. The molecule has 2 heterocycles.